The molecule has 4 rings (SSSR count). The fourth-order valence-electron chi connectivity index (χ4n) is 3.68. The van der Waals surface area contributed by atoms with E-state index in [1.807, 2.05) is 51.4 Å². The third kappa shape index (κ3) is 2.34. The second kappa shape index (κ2) is 5.69. The van der Waals surface area contributed by atoms with Gasteiger partial charge in [-0.3, -0.25) is 0 Å². The highest BCUT2D eigenvalue weighted by molar-refractivity contribution is 6.13. The highest BCUT2D eigenvalue weighted by Crippen LogP contribution is 2.40. The standard InChI is InChI=1S/C22H21FNO/c1-13(2)19-16(23)10-9-15-21-18(25-22(15)19)11-8-14(3)20(21)17-7-5-6-12-24(17)4/h5-13H,1-4H3/q+1. The van der Waals surface area contributed by atoms with Crippen molar-refractivity contribution in [2.45, 2.75) is 26.7 Å². The van der Waals surface area contributed by atoms with E-state index in [0.29, 0.717) is 11.1 Å². The normalized spacial score (nSPS) is 11.8. The summed E-state index contributed by atoms with van der Waals surface area (Å²) in [6, 6.07) is 13.6. The SMILES string of the molecule is Cc1ccc2oc3c(C(C)C)c(F)ccc3c2c1-c1cccc[n+]1C. The Hall–Kier alpha value is -2.68. The predicted octanol–water partition coefficient (Wildman–Crippen LogP) is 5.65. The van der Waals surface area contributed by atoms with Gasteiger partial charge in [0.05, 0.1) is 5.56 Å². The lowest BCUT2D eigenvalue weighted by atomic mass is 9.95. The van der Waals surface area contributed by atoms with Crippen LogP contribution >= 0.6 is 0 Å². The lowest BCUT2D eigenvalue weighted by Crippen LogP contribution is -2.30. The zero-order valence-electron chi connectivity index (χ0n) is 14.9. The van der Waals surface area contributed by atoms with Crippen molar-refractivity contribution in [3.8, 4) is 11.3 Å². The minimum absolute atomic E-state index is 0.0571. The van der Waals surface area contributed by atoms with Crippen molar-refractivity contribution in [2.24, 2.45) is 7.05 Å². The van der Waals surface area contributed by atoms with Crippen LogP contribution in [0.5, 0.6) is 0 Å². The van der Waals surface area contributed by atoms with Crippen molar-refractivity contribution < 1.29 is 13.4 Å². The van der Waals surface area contributed by atoms with Crippen molar-refractivity contribution in [1.29, 1.82) is 0 Å². The lowest BCUT2D eigenvalue weighted by molar-refractivity contribution is -0.660. The van der Waals surface area contributed by atoms with Crippen molar-refractivity contribution in [2.75, 3.05) is 0 Å². The second-order valence-electron chi connectivity index (χ2n) is 6.92. The molecule has 0 aliphatic rings. The summed E-state index contributed by atoms with van der Waals surface area (Å²) in [4.78, 5) is 0. The smallest absolute Gasteiger partial charge is 0.213 e. The summed E-state index contributed by atoms with van der Waals surface area (Å²) < 4.78 is 22.6. The van der Waals surface area contributed by atoms with Crippen molar-refractivity contribution in [3.05, 3.63) is 65.6 Å². The molecule has 0 aliphatic heterocycles. The largest absolute Gasteiger partial charge is 0.456 e. The molecule has 0 spiro atoms. The highest BCUT2D eigenvalue weighted by Gasteiger charge is 2.23. The minimum Gasteiger partial charge on any atom is -0.456 e. The van der Waals surface area contributed by atoms with Crippen LogP contribution < -0.4 is 4.57 Å². The molecular formula is C22H21FNO+. The number of fused-ring (bicyclic) bond motifs is 3. The van der Waals surface area contributed by atoms with E-state index >= 15 is 0 Å². The second-order valence-corrected chi connectivity index (χ2v) is 6.92. The first-order valence-corrected chi connectivity index (χ1v) is 8.58. The van der Waals surface area contributed by atoms with Crippen LogP contribution in [0.3, 0.4) is 0 Å². The first-order valence-electron chi connectivity index (χ1n) is 8.58. The molecule has 2 aromatic carbocycles. The van der Waals surface area contributed by atoms with Crippen LogP contribution in [-0.2, 0) is 7.05 Å². The number of pyridine rings is 1. The molecule has 2 nitrogen and oxygen atoms in total. The van der Waals surface area contributed by atoms with Gasteiger partial charge < -0.3 is 4.42 Å². The Balaban J connectivity index is 2.20. The van der Waals surface area contributed by atoms with E-state index < -0.39 is 0 Å². The molecule has 0 bridgehead atoms. The number of benzene rings is 2. The van der Waals surface area contributed by atoms with Crippen LogP contribution in [0.15, 0.2) is 53.1 Å². The fourth-order valence-corrected chi connectivity index (χ4v) is 3.68. The van der Waals surface area contributed by atoms with Crippen LogP contribution in [0.25, 0.3) is 33.2 Å². The third-order valence-electron chi connectivity index (χ3n) is 4.89. The molecule has 2 heterocycles. The van der Waals surface area contributed by atoms with E-state index in [2.05, 4.69) is 23.6 Å². The Morgan fingerprint density at radius 2 is 1.84 bits per heavy atom. The van der Waals surface area contributed by atoms with Crippen LogP contribution in [-0.4, -0.2) is 0 Å². The first kappa shape index (κ1) is 15.8. The third-order valence-corrected chi connectivity index (χ3v) is 4.89. The van der Waals surface area contributed by atoms with Gasteiger partial charge in [0, 0.05) is 28.5 Å². The van der Waals surface area contributed by atoms with Gasteiger partial charge in [-0.1, -0.05) is 19.9 Å². The zero-order chi connectivity index (χ0) is 17.7. The summed E-state index contributed by atoms with van der Waals surface area (Å²) in [6.07, 6.45) is 2.04. The van der Waals surface area contributed by atoms with Gasteiger partial charge in [-0.05, 0) is 42.7 Å². The molecule has 3 heteroatoms. The molecule has 0 amide bonds. The molecule has 0 N–H and O–H groups in total. The van der Waals surface area contributed by atoms with E-state index in [4.69, 9.17) is 4.42 Å². The van der Waals surface area contributed by atoms with Crippen LogP contribution in [0.4, 0.5) is 4.39 Å². The van der Waals surface area contributed by atoms with Gasteiger partial charge in [-0.15, -0.1) is 0 Å². The first-order chi connectivity index (χ1) is 12.0. The van der Waals surface area contributed by atoms with E-state index in [1.165, 1.54) is 5.56 Å². The van der Waals surface area contributed by atoms with Crippen LogP contribution in [0, 0.1) is 12.7 Å². The Morgan fingerprint density at radius 1 is 1.04 bits per heavy atom. The summed E-state index contributed by atoms with van der Waals surface area (Å²) in [5, 5.41) is 2.03. The topological polar surface area (TPSA) is 17.0 Å². The fraction of sp³-hybridized carbons (Fsp3) is 0.227. The Bertz CT molecular complexity index is 1110. The quantitative estimate of drug-likeness (QED) is 0.433. The van der Waals surface area contributed by atoms with Gasteiger partial charge in [0.25, 0.3) is 0 Å². The number of aryl methyl sites for hydroxylation is 2. The van der Waals surface area contributed by atoms with Crippen molar-refractivity contribution >= 4 is 21.9 Å². The van der Waals surface area contributed by atoms with Gasteiger partial charge in [-0.2, -0.15) is 0 Å². The molecule has 0 saturated carbocycles. The van der Waals surface area contributed by atoms with Crippen molar-refractivity contribution in [1.82, 2.24) is 0 Å². The maximum absolute atomic E-state index is 14.4. The summed E-state index contributed by atoms with van der Waals surface area (Å²) in [5.41, 5.74) is 5.54. The predicted molar refractivity (Wildman–Crippen MR) is 99.1 cm³/mol. The summed E-state index contributed by atoms with van der Waals surface area (Å²) in [6.45, 7) is 6.09. The Labute approximate surface area is 146 Å². The lowest BCUT2D eigenvalue weighted by Gasteiger charge is -2.08. The maximum Gasteiger partial charge on any atom is 0.213 e. The zero-order valence-corrected chi connectivity index (χ0v) is 14.9. The molecule has 4 aromatic rings. The maximum atomic E-state index is 14.4. The summed E-state index contributed by atoms with van der Waals surface area (Å²) >= 11 is 0. The molecule has 0 fully saturated rings. The van der Waals surface area contributed by atoms with Gasteiger partial charge in [0.1, 0.15) is 24.0 Å². The molecule has 0 aliphatic carbocycles. The van der Waals surface area contributed by atoms with E-state index in [9.17, 15) is 4.39 Å². The van der Waals surface area contributed by atoms with E-state index in [-0.39, 0.29) is 11.7 Å². The number of nitrogens with zero attached hydrogens (tertiary/aromatic N) is 1. The molecule has 0 atom stereocenters. The minimum atomic E-state index is -0.204. The van der Waals surface area contributed by atoms with Gasteiger partial charge in [-0.25, -0.2) is 8.96 Å². The van der Waals surface area contributed by atoms with Crippen molar-refractivity contribution in [3.63, 3.8) is 0 Å². The van der Waals surface area contributed by atoms with E-state index in [0.717, 1.165) is 27.6 Å². The van der Waals surface area contributed by atoms with Crippen LogP contribution in [0.2, 0.25) is 0 Å². The average molecular weight is 334 g/mol. The number of hydrogen-bond donors (Lipinski definition) is 0. The molecule has 0 radical (unpaired) electrons. The number of rotatable bonds is 2. The molecule has 2 aromatic heterocycles. The summed E-state index contributed by atoms with van der Waals surface area (Å²) in [5.74, 6) is -0.147. The number of aromatic nitrogens is 1. The number of hydrogen-bond acceptors (Lipinski definition) is 1. The molecule has 126 valence electrons. The highest BCUT2D eigenvalue weighted by atomic mass is 19.1. The van der Waals surface area contributed by atoms with E-state index in [1.54, 1.807) is 6.07 Å². The number of furan rings is 1. The summed E-state index contributed by atoms with van der Waals surface area (Å²) in [7, 11) is 2.04. The van der Waals surface area contributed by atoms with Crippen LogP contribution in [0.1, 0.15) is 30.9 Å². The molecule has 0 saturated heterocycles. The van der Waals surface area contributed by atoms with Gasteiger partial charge in [0.15, 0.2) is 6.20 Å². The Kier molecular flexibility index (Phi) is 3.60. The van der Waals surface area contributed by atoms with Gasteiger partial charge >= 0.3 is 0 Å². The average Bonchev–Trinajstić information content (AvgIpc) is 2.93. The molecule has 25 heavy (non-hydrogen) atoms. The molecule has 0 unspecified atom stereocenters. The van der Waals surface area contributed by atoms with Gasteiger partial charge in [0.2, 0.25) is 5.69 Å². The molecular weight excluding hydrogens is 313 g/mol. The number of halogens is 1. The monoisotopic (exact) mass is 334 g/mol. The Morgan fingerprint density at radius 3 is 2.56 bits per heavy atom.